The fourth-order valence-electron chi connectivity index (χ4n) is 3.12. The van der Waals surface area contributed by atoms with Gasteiger partial charge in [-0.25, -0.2) is 0 Å². The van der Waals surface area contributed by atoms with E-state index in [-0.39, 0.29) is 5.41 Å². The van der Waals surface area contributed by atoms with Crippen LogP contribution >= 0.6 is 0 Å². The summed E-state index contributed by atoms with van der Waals surface area (Å²) >= 11 is 0. The van der Waals surface area contributed by atoms with Crippen LogP contribution in [0.4, 0.5) is 5.69 Å². The van der Waals surface area contributed by atoms with E-state index in [4.69, 9.17) is 4.74 Å². The smallest absolute Gasteiger partial charge is 0.120 e. The lowest BCUT2D eigenvalue weighted by atomic mass is 9.72. The Morgan fingerprint density at radius 2 is 2.21 bits per heavy atom. The first kappa shape index (κ1) is 14.2. The zero-order chi connectivity index (χ0) is 13.9. The van der Waals surface area contributed by atoms with Crippen LogP contribution in [0.3, 0.4) is 0 Å². The Kier molecular flexibility index (Phi) is 4.35. The number of anilines is 1. The summed E-state index contributed by atoms with van der Waals surface area (Å²) < 4.78 is 5.30. The Balaban J connectivity index is 2.11. The maximum Gasteiger partial charge on any atom is 0.120 e. The van der Waals surface area contributed by atoms with Crippen molar-refractivity contribution in [2.75, 3.05) is 31.7 Å². The maximum atomic E-state index is 9.17. The van der Waals surface area contributed by atoms with Crippen LogP contribution in [-0.4, -0.2) is 31.9 Å². The van der Waals surface area contributed by atoms with E-state index in [2.05, 4.69) is 30.9 Å². The maximum absolute atomic E-state index is 9.17. The number of aliphatic hydroxyl groups is 1. The second kappa shape index (κ2) is 5.83. The number of rotatable bonds is 4. The summed E-state index contributed by atoms with van der Waals surface area (Å²) in [4.78, 5) is 2.43. The highest BCUT2D eigenvalue weighted by Gasteiger charge is 2.35. The standard InChI is InChI=1S/C16H25NO2/c1-16(2)12-17(9-7-13(16)8-10-18)14-5-4-6-15(11-14)19-3/h4-6,11,13,18H,7-10,12H2,1-3H3. The van der Waals surface area contributed by atoms with Crippen LogP contribution in [-0.2, 0) is 0 Å². The predicted octanol–water partition coefficient (Wildman–Crippen LogP) is 2.93. The Labute approximate surface area is 116 Å². The van der Waals surface area contributed by atoms with E-state index in [9.17, 15) is 5.11 Å². The molecule has 1 unspecified atom stereocenters. The lowest BCUT2D eigenvalue weighted by Gasteiger charge is -2.45. The monoisotopic (exact) mass is 263 g/mol. The normalized spacial score (nSPS) is 22.3. The summed E-state index contributed by atoms with van der Waals surface area (Å²) in [6.07, 6.45) is 2.06. The van der Waals surface area contributed by atoms with Crippen molar-refractivity contribution in [1.29, 1.82) is 0 Å². The molecule has 3 nitrogen and oxygen atoms in total. The van der Waals surface area contributed by atoms with E-state index >= 15 is 0 Å². The Bertz CT molecular complexity index is 417. The van der Waals surface area contributed by atoms with Crippen LogP contribution in [0.2, 0.25) is 0 Å². The molecule has 1 aliphatic heterocycles. The van der Waals surface area contributed by atoms with Crippen LogP contribution < -0.4 is 9.64 Å². The average Bonchev–Trinajstić information content (AvgIpc) is 2.41. The van der Waals surface area contributed by atoms with Crippen molar-refractivity contribution in [1.82, 2.24) is 0 Å². The molecule has 1 saturated heterocycles. The highest BCUT2D eigenvalue weighted by atomic mass is 16.5. The molecular formula is C16H25NO2. The number of nitrogens with zero attached hydrogens (tertiary/aromatic N) is 1. The van der Waals surface area contributed by atoms with E-state index < -0.39 is 0 Å². The van der Waals surface area contributed by atoms with Gasteiger partial charge in [-0.3, -0.25) is 0 Å². The van der Waals surface area contributed by atoms with Crippen molar-refractivity contribution in [3.05, 3.63) is 24.3 Å². The molecule has 0 spiro atoms. The SMILES string of the molecule is COc1cccc(N2CCC(CCO)C(C)(C)C2)c1. The molecular weight excluding hydrogens is 238 g/mol. The summed E-state index contributed by atoms with van der Waals surface area (Å²) in [5.41, 5.74) is 1.47. The predicted molar refractivity (Wildman–Crippen MR) is 78.8 cm³/mol. The molecule has 19 heavy (non-hydrogen) atoms. The van der Waals surface area contributed by atoms with Gasteiger partial charge < -0.3 is 14.7 Å². The second-order valence-electron chi connectivity index (χ2n) is 6.11. The van der Waals surface area contributed by atoms with Gasteiger partial charge in [-0.15, -0.1) is 0 Å². The van der Waals surface area contributed by atoms with Gasteiger partial charge in [0, 0.05) is 31.5 Å². The van der Waals surface area contributed by atoms with Gasteiger partial charge in [0.25, 0.3) is 0 Å². The first-order valence-electron chi connectivity index (χ1n) is 7.06. The molecule has 0 aromatic heterocycles. The van der Waals surface area contributed by atoms with Gasteiger partial charge in [-0.05, 0) is 36.3 Å². The molecule has 3 heteroatoms. The van der Waals surface area contributed by atoms with Crippen LogP contribution in [0.5, 0.6) is 5.75 Å². The Morgan fingerprint density at radius 1 is 1.42 bits per heavy atom. The quantitative estimate of drug-likeness (QED) is 0.906. The van der Waals surface area contributed by atoms with Crippen LogP contribution in [0.25, 0.3) is 0 Å². The van der Waals surface area contributed by atoms with Crippen molar-refractivity contribution in [3.63, 3.8) is 0 Å². The molecule has 0 radical (unpaired) electrons. The highest BCUT2D eigenvalue weighted by molar-refractivity contribution is 5.51. The van der Waals surface area contributed by atoms with Gasteiger partial charge in [-0.1, -0.05) is 19.9 Å². The van der Waals surface area contributed by atoms with Crippen LogP contribution in [0.15, 0.2) is 24.3 Å². The molecule has 1 fully saturated rings. The minimum absolute atomic E-state index is 0.240. The molecule has 1 N–H and O–H groups in total. The van der Waals surface area contributed by atoms with Crippen molar-refractivity contribution in [2.45, 2.75) is 26.7 Å². The zero-order valence-corrected chi connectivity index (χ0v) is 12.2. The van der Waals surface area contributed by atoms with E-state index in [1.807, 2.05) is 12.1 Å². The number of hydrogen-bond acceptors (Lipinski definition) is 3. The summed E-state index contributed by atoms with van der Waals surface area (Å²) in [7, 11) is 1.70. The Hall–Kier alpha value is -1.22. The van der Waals surface area contributed by atoms with Crippen molar-refractivity contribution < 1.29 is 9.84 Å². The molecule has 0 aliphatic carbocycles. The van der Waals surface area contributed by atoms with Gasteiger partial charge in [0.05, 0.1) is 7.11 Å². The molecule has 1 heterocycles. The lowest BCUT2D eigenvalue weighted by Crippen LogP contribution is -2.46. The average molecular weight is 263 g/mol. The molecule has 106 valence electrons. The van der Waals surface area contributed by atoms with Crippen LogP contribution in [0.1, 0.15) is 26.7 Å². The van der Waals surface area contributed by atoms with Crippen molar-refractivity contribution >= 4 is 5.69 Å². The molecule has 0 amide bonds. The fraction of sp³-hybridized carbons (Fsp3) is 0.625. The topological polar surface area (TPSA) is 32.7 Å². The van der Waals surface area contributed by atoms with Gasteiger partial charge in [-0.2, -0.15) is 0 Å². The largest absolute Gasteiger partial charge is 0.497 e. The zero-order valence-electron chi connectivity index (χ0n) is 12.2. The first-order valence-corrected chi connectivity index (χ1v) is 7.06. The highest BCUT2D eigenvalue weighted by Crippen LogP contribution is 2.39. The van der Waals surface area contributed by atoms with Gasteiger partial charge in [0.15, 0.2) is 0 Å². The molecule has 1 atom stereocenters. The number of ether oxygens (including phenoxy) is 1. The molecule has 2 rings (SSSR count). The van der Waals surface area contributed by atoms with Crippen molar-refractivity contribution in [3.8, 4) is 5.75 Å². The number of aliphatic hydroxyl groups excluding tert-OH is 1. The van der Waals surface area contributed by atoms with Gasteiger partial charge in [0.2, 0.25) is 0 Å². The number of hydrogen-bond donors (Lipinski definition) is 1. The minimum atomic E-state index is 0.240. The lowest BCUT2D eigenvalue weighted by molar-refractivity contribution is 0.134. The molecule has 1 aromatic rings. The van der Waals surface area contributed by atoms with E-state index in [0.717, 1.165) is 31.7 Å². The summed E-state index contributed by atoms with van der Waals surface area (Å²) in [5.74, 6) is 1.52. The van der Waals surface area contributed by atoms with E-state index in [1.165, 1.54) is 5.69 Å². The summed E-state index contributed by atoms with van der Waals surface area (Å²) in [5, 5.41) is 9.17. The first-order chi connectivity index (χ1) is 9.06. The molecule has 0 bridgehead atoms. The number of methoxy groups -OCH3 is 1. The molecule has 1 aliphatic rings. The van der Waals surface area contributed by atoms with Gasteiger partial charge >= 0.3 is 0 Å². The Morgan fingerprint density at radius 3 is 2.84 bits per heavy atom. The van der Waals surface area contributed by atoms with Crippen molar-refractivity contribution in [2.24, 2.45) is 11.3 Å². The summed E-state index contributed by atoms with van der Waals surface area (Å²) in [6, 6.07) is 8.27. The molecule has 0 saturated carbocycles. The molecule has 1 aromatic carbocycles. The third kappa shape index (κ3) is 3.21. The minimum Gasteiger partial charge on any atom is -0.497 e. The summed E-state index contributed by atoms with van der Waals surface area (Å²) in [6.45, 7) is 7.00. The van der Waals surface area contributed by atoms with E-state index in [0.29, 0.717) is 12.5 Å². The third-order valence-electron chi connectivity index (χ3n) is 4.35. The second-order valence-corrected chi connectivity index (χ2v) is 6.11. The number of piperidine rings is 1. The van der Waals surface area contributed by atoms with Crippen LogP contribution in [0, 0.1) is 11.3 Å². The van der Waals surface area contributed by atoms with Gasteiger partial charge in [0.1, 0.15) is 5.75 Å². The number of benzene rings is 1. The van der Waals surface area contributed by atoms with E-state index in [1.54, 1.807) is 7.11 Å². The third-order valence-corrected chi connectivity index (χ3v) is 4.35. The fourth-order valence-corrected chi connectivity index (χ4v) is 3.12.